The Morgan fingerprint density at radius 2 is 2.00 bits per heavy atom. The largest absolute Gasteiger partial charge is 0.454 e. The number of nitrogens with one attached hydrogen (secondary N) is 2. The number of guanidine groups is 1. The molecule has 0 atom stereocenters. The molecule has 0 amide bonds. The summed E-state index contributed by atoms with van der Waals surface area (Å²) >= 11 is 0. The molecular formula is C18H30IN3O3. The van der Waals surface area contributed by atoms with Crippen LogP contribution < -0.4 is 20.1 Å². The molecule has 0 aliphatic carbocycles. The minimum atomic E-state index is -0.0656. The lowest BCUT2D eigenvalue weighted by molar-refractivity contribution is 0.145. The molecule has 0 aromatic heterocycles. The minimum Gasteiger partial charge on any atom is -0.454 e. The SMILES string of the molecule is CCOCCCNC(=NC)NCC(C)(C)c1ccc2c(c1)OCO2.I. The van der Waals surface area contributed by atoms with Gasteiger partial charge in [0, 0.05) is 38.8 Å². The summed E-state index contributed by atoms with van der Waals surface area (Å²) in [7, 11) is 1.78. The van der Waals surface area contributed by atoms with E-state index in [-0.39, 0.29) is 29.4 Å². The van der Waals surface area contributed by atoms with E-state index in [1.54, 1.807) is 7.05 Å². The molecule has 6 nitrogen and oxygen atoms in total. The summed E-state index contributed by atoms with van der Waals surface area (Å²) < 4.78 is 16.2. The van der Waals surface area contributed by atoms with E-state index < -0.39 is 0 Å². The fourth-order valence-electron chi connectivity index (χ4n) is 2.47. The Morgan fingerprint density at radius 3 is 2.72 bits per heavy atom. The number of benzene rings is 1. The maximum Gasteiger partial charge on any atom is 0.231 e. The van der Waals surface area contributed by atoms with Gasteiger partial charge in [0.25, 0.3) is 0 Å². The van der Waals surface area contributed by atoms with Crippen molar-refractivity contribution in [2.75, 3.05) is 40.1 Å². The molecule has 2 rings (SSSR count). The quantitative estimate of drug-likeness (QED) is 0.269. The molecular weight excluding hydrogens is 433 g/mol. The molecule has 1 heterocycles. The van der Waals surface area contributed by atoms with Crippen LogP contribution in [0.25, 0.3) is 0 Å². The van der Waals surface area contributed by atoms with Crippen LogP contribution in [0.2, 0.25) is 0 Å². The summed E-state index contributed by atoms with van der Waals surface area (Å²) in [6, 6.07) is 6.12. The number of ether oxygens (including phenoxy) is 3. The Kier molecular flexibility index (Phi) is 9.34. The Hall–Kier alpha value is -1.22. The first kappa shape index (κ1) is 21.8. The van der Waals surface area contributed by atoms with Crippen molar-refractivity contribution in [2.24, 2.45) is 4.99 Å². The smallest absolute Gasteiger partial charge is 0.231 e. The molecule has 2 N–H and O–H groups in total. The van der Waals surface area contributed by atoms with Crippen molar-refractivity contribution in [3.05, 3.63) is 23.8 Å². The van der Waals surface area contributed by atoms with E-state index in [2.05, 4.69) is 41.6 Å². The van der Waals surface area contributed by atoms with Crippen molar-refractivity contribution in [3.63, 3.8) is 0 Å². The van der Waals surface area contributed by atoms with Crippen molar-refractivity contribution in [1.29, 1.82) is 0 Å². The van der Waals surface area contributed by atoms with E-state index in [0.717, 1.165) is 50.2 Å². The molecule has 1 aromatic rings. The van der Waals surface area contributed by atoms with Gasteiger partial charge in [-0.15, -0.1) is 24.0 Å². The number of halogens is 1. The summed E-state index contributed by atoms with van der Waals surface area (Å²) in [6.45, 7) is 9.82. The highest BCUT2D eigenvalue weighted by Crippen LogP contribution is 2.36. The van der Waals surface area contributed by atoms with Crippen LogP contribution in [0.1, 0.15) is 32.8 Å². The van der Waals surface area contributed by atoms with Crippen LogP contribution in [0.3, 0.4) is 0 Å². The van der Waals surface area contributed by atoms with Gasteiger partial charge in [0.15, 0.2) is 17.5 Å². The molecule has 0 bridgehead atoms. The first-order chi connectivity index (χ1) is 11.6. The van der Waals surface area contributed by atoms with Gasteiger partial charge in [-0.25, -0.2) is 0 Å². The highest BCUT2D eigenvalue weighted by molar-refractivity contribution is 14.0. The molecule has 0 saturated heterocycles. The van der Waals surface area contributed by atoms with E-state index in [4.69, 9.17) is 14.2 Å². The van der Waals surface area contributed by atoms with Crippen molar-refractivity contribution < 1.29 is 14.2 Å². The Bertz CT molecular complexity index is 564. The first-order valence-electron chi connectivity index (χ1n) is 8.49. The Balaban J connectivity index is 0.00000312. The highest BCUT2D eigenvalue weighted by atomic mass is 127. The standard InChI is InChI=1S/C18H29N3O3.HI/c1-5-22-10-6-9-20-17(19-4)21-12-18(2,3)14-7-8-15-16(11-14)24-13-23-15;/h7-8,11H,5-6,9-10,12-13H2,1-4H3,(H2,19,20,21);1H. The van der Waals surface area contributed by atoms with Crippen molar-refractivity contribution in [1.82, 2.24) is 10.6 Å². The fraction of sp³-hybridized carbons (Fsp3) is 0.611. The van der Waals surface area contributed by atoms with Crippen LogP contribution in [0.4, 0.5) is 0 Å². The molecule has 0 unspecified atom stereocenters. The average Bonchev–Trinajstić information content (AvgIpc) is 3.05. The second kappa shape index (κ2) is 10.7. The van der Waals surface area contributed by atoms with E-state index in [1.165, 1.54) is 5.56 Å². The fourth-order valence-corrected chi connectivity index (χ4v) is 2.47. The monoisotopic (exact) mass is 463 g/mol. The van der Waals surface area contributed by atoms with Crippen molar-refractivity contribution in [2.45, 2.75) is 32.6 Å². The number of rotatable bonds is 8. The number of hydrogen-bond donors (Lipinski definition) is 2. The number of fused-ring (bicyclic) bond motifs is 1. The lowest BCUT2D eigenvalue weighted by Gasteiger charge is -2.27. The maximum atomic E-state index is 5.48. The zero-order valence-electron chi connectivity index (χ0n) is 15.6. The average molecular weight is 463 g/mol. The molecule has 25 heavy (non-hydrogen) atoms. The molecule has 1 aliphatic rings. The highest BCUT2D eigenvalue weighted by Gasteiger charge is 2.24. The summed E-state index contributed by atoms with van der Waals surface area (Å²) in [6.07, 6.45) is 0.958. The zero-order valence-corrected chi connectivity index (χ0v) is 17.9. The van der Waals surface area contributed by atoms with Gasteiger partial charge in [0.2, 0.25) is 6.79 Å². The molecule has 0 spiro atoms. The summed E-state index contributed by atoms with van der Waals surface area (Å²) in [5, 5.41) is 6.70. The third-order valence-electron chi connectivity index (χ3n) is 4.04. The van der Waals surface area contributed by atoms with Gasteiger partial charge in [0.05, 0.1) is 0 Å². The number of hydrogen-bond acceptors (Lipinski definition) is 4. The van der Waals surface area contributed by atoms with Crippen molar-refractivity contribution >= 4 is 29.9 Å². The van der Waals surface area contributed by atoms with Gasteiger partial charge < -0.3 is 24.8 Å². The van der Waals surface area contributed by atoms with Gasteiger partial charge in [-0.3, -0.25) is 4.99 Å². The van der Waals surface area contributed by atoms with Gasteiger partial charge in [0.1, 0.15) is 0 Å². The van der Waals surface area contributed by atoms with Crippen LogP contribution >= 0.6 is 24.0 Å². The topological polar surface area (TPSA) is 64.1 Å². The summed E-state index contributed by atoms with van der Waals surface area (Å²) in [5.41, 5.74) is 1.13. The third kappa shape index (κ3) is 6.54. The normalized spacial score (nSPS) is 13.4. The maximum absolute atomic E-state index is 5.48. The molecule has 0 fully saturated rings. The van der Waals surface area contributed by atoms with Gasteiger partial charge in [-0.1, -0.05) is 19.9 Å². The predicted molar refractivity (Wildman–Crippen MR) is 111 cm³/mol. The molecule has 1 aromatic carbocycles. The second-order valence-corrected chi connectivity index (χ2v) is 6.35. The molecule has 7 heteroatoms. The van der Waals surface area contributed by atoms with Gasteiger partial charge >= 0.3 is 0 Å². The lowest BCUT2D eigenvalue weighted by Crippen LogP contribution is -2.43. The lowest BCUT2D eigenvalue weighted by atomic mass is 9.84. The predicted octanol–water partition coefficient (Wildman–Crippen LogP) is 2.90. The van der Waals surface area contributed by atoms with E-state index in [1.807, 2.05) is 13.0 Å². The minimum absolute atomic E-state index is 0. The molecule has 0 saturated carbocycles. The van der Waals surface area contributed by atoms with Crippen LogP contribution in [0.5, 0.6) is 11.5 Å². The van der Waals surface area contributed by atoms with E-state index >= 15 is 0 Å². The summed E-state index contributed by atoms with van der Waals surface area (Å²) in [5.74, 6) is 2.44. The van der Waals surface area contributed by atoms with Crippen LogP contribution in [-0.2, 0) is 10.2 Å². The molecule has 0 radical (unpaired) electrons. The Labute approximate surface area is 167 Å². The molecule has 142 valence electrons. The van der Waals surface area contributed by atoms with Crippen LogP contribution in [-0.4, -0.2) is 46.1 Å². The zero-order chi connectivity index (χ0) is 17.4. The van der Waals surface area contributed by atoms with E-state index in [0.29, 0.717) is 6.79 Å². The van der Waals surface area contributed by atoms with Crippen LogP contribution in [0.15, 0.2) is 23.2 Å². The van der Waals surface area contributed by atoms with E-state index in [9.17, 15) is 0 Å². The number of nitrogens with zero attached hydrogens (tertiary/aromatic N) is 1. The van der Waals surface area contributed by atoms with Crippen LogP contribution in [0, 0.1) is 0 Å². The number of aliphatic imine (C=N–C) groups is 1. The second-order valence-electron chi connectivity index (χ2n) is 6.35. The van der Waals surface area contributed by atoms with Crippen molar-refractivity contribution in [3.8, 4) is 11.5 Å². The van der Waals surface area contributed by atoms with Gasteiger partial charge in [-0.05, 0) is 31.0 Å². The first-order valence-corrected chi connectivity index (χ1v) is 8.49. The third-order valence-corrected chi connectivity index (χ3v) is 4.04. The molecule has 1 aliphatic heterocycles. The van der Waals surface area contributed by atoms with Gasteiger partial charge in [-0.2, -0.15) is 0 Å². The summed E-state index contributed by atoms with van der Waals surface area (Å²) in [4.78, 5) is 4.27. The Morgan fingerprint density at radius 1 is 1.24 bits per heavy atom.